The summed E-state index contributed by atoms with van der Waals surface area (Å²) >= 11 is 0. The summed E-state index contributed by atoms with van der Waals surface area (Å²) in [6.45, 7) is 5.95. The third kappa shape index (κ3) is 5.18. The van der Waals surface area contributed by atoms with E-state index in [9.17, 15) is 28.1 Å². The molecular formula is C18H25F3N3O3+. The highest BCUT2D eigenvalue weighted by Crippen LogP contribution is 2.37. The Morgan fingerprint density at radius 3 is 2.59 bits per heavy atom. The number of anilines is 1. The van der Waals surface area contributed by atoms with Crippen molar-refractivity contribution in [3.8, 4) is 0 Å². The summed E-state index contributed by atoms with van der Waals surface area (Å²) in [6, 6.07) is 1.99. The Kier molecular flexibility index (Phi) is 6.46. The molecule has 0 heterocycles. The highest BCUT2D eigenvalue weighted by molar-refractivity contribution is 5.94. The molecule has 1 amide bonds. The van der Waals surface area contributed by atoms with Gasteiger partial charge in [0.05, 0.1) is 22.2 Å². The van der Waals surface area contributed by atoms with Gasteiger partial charge in [0.1, 0.15) is 0 Å². The van der Waals surface area contributed by atoms with Crippen molar-refractivity contribution >= 4 is 17.3 Å². The lowest BCUT2D eigenvalue weighted by atomic mass is 9.78. The van der Waals surface area contributed by atoms with Gasteiger partial charge in [0.15, 0.2) is 6.04 Å². The van der Waals surface area contributed by atoms with Crippen molar-refractivity contribution < 1.29 is 28.2 Å². The Balaban J connectivity index is 2.13. The van der Waals surface area contributed by atoms with Crippen LogP contribution in [0.25, 0.3) is 0 Å². The second kappa shape index (κ2) is 8.24. The second-order valence-electron chi connectivity index (χ2n) is 7.39. The van der Waals surface area contributed by atoms with E-state index < -0.39 is 40.0 Å². The molecule has 0 aromatic heterocycles. The fourth-order valence-electron chi connectivity index (χ4n) is 3.59. The van der Waals surface area contributed by atoms with E-state index in [0.29, 0.717) is 17.9 Å². The molecule has 1 saturated carbocycles. The Bertz CT molecular complexity index is 709. The van der Waals surface area contributed by atoms with Crippen LogP contribution in [0, 0.1) is 22.0 Å². The first-order valence-corrected chi connectivity index (χ1v) is 9.02. The number of quaternary nitrogens is 1. The number of carbonyl (C=O) groups is 1. The molecule has 2 rings (SSSR count). The van der Waals surface area contributed by atoms with Crippen LogP contribution in [0.1, 0.15) is 45.6 Å². The minimum Gasteiger partial charge on any atom is -0.334 e. The molecule has 4 atom stereocenters. The zero-order chi connectivity index (χ0) is 20.4. The van der Waals surface area contributed by atoms with Crippen molar-refractivity contribution in [1.29, 1.82) is 0 Å². The number of alkyl halides is 3. The van der Waals surface area contributed by atoms with E-state index >= 15 is 0 Å². The minimum atomic E-state index is -4.81. The van der Waals surface area contributed by atoms with Gasteiger partial charge in [-0.15, -0.1) is 0 Å². The molecule has 0 unspecified atom stereocenters. The van der Waals surface area contributed by atoms with E-state index in [0.717, 1.165) is 31.4 Å². The summed E-state index contributed by atoms with van der Waals surface area (Å²) in [7, 11) is 0. The third-order valence-corrected chi connectivity index (χ3v) is 5.50. The minimum absolute atomic E-state index is 0.244. The molecule has 1 aliphatic rings. The number of nitrogens with two attached hydrogens (primary N) is 1. The number of nitrogens with one attached hydrogen (secondary N) is 1. The van der Waals surface area contributed by atoms with Gasteiger partial charge < -0.3 is 10.6 Å². The Labute approximate surface area is 155 Å². The predicted octanol–water partition coefficient (Wildman–Crippen LogP) is 3.33. The average Bonchev–Trinajstić information content (AvgIpc) is 2.58. The van der Waals surface area contributed by atoms with Crippen molar-refractivity contribution in [3.63, 3.8) is 0 Å². The van der Waals surface area contributed by atoms with Gasteiger partial charge in [0.25, 0.3) is 11.6 Å². The van der Waals surface area contributed by atoms with Gasteiger partial charge in [-0.25, -0.2) is 0 Å². The van der Waals surface area contributed by atoms with E-state index in [1.807, 2.05) is 5.32 Å². The molecule has 0 bridgehead atoms. The molecule has 1 aromatic carbocycles. The number of halogens is 3. The van der Waals surface area contributed by atoms with Crippen molar-refractivity contribution in [2.24, 2.45) is 11.8 Å². The third-order valence-electron chi connectivity index (χ3n) is 5.50. The number of amides is 1. The quantitative estimate of drug-likeness (QED) is 0.599. The molecule has 0 radical (unpaired) electrons. The average molecular weight is 388 g/mol. The number of nitro benzene ring substituents is 1. The number of non-ortho nitro benzene ring substituents is 1. The molecule has 0 saturated heterocycles. The molecular weight excluding hydrogens is 363 g/mol. The SMILES string of the molecule is C[C@@H]1[C@H](C)CCC[C@@H]1[NH2+][C@@H](C)C(=O)Nc1ccc([N+](=O)[O-])cc1C(F)(F)F. The molecule has 27 heavy (non-hydrogen) atoms. The van der Waals surface area contributed by atoms with Crippen molar-refractivity contribution in [3.05, 3.63) is 33.9 Å². The van der Waals surface area contributed by atoms with Gasteiger partial charge in [0, 0.05) is 18.1 Å². The van der Waals surface area contributed by atoms with Crippen LogP contribution in [-0.4, -0.2) is 22.9 Å². The van der Waals surface area contributed by atoms with Crippen LogP contribution in [0.4, 0.5) is 24.5 Å². The first-order chi connectivity index (χ1) is 12.5. The van der Waals surface area contributed by atoms with E-state index in [2.05, 4.69) is 19.2 Å². The molecule has 150 valence electrons. The zero-order valence-corrected chi connectivity index (χ0v) is 15.5. The first-order valence-electron chi connectivity index (χ1n) is 9.02. The highest BCUT2D eigenvalue weighted by Gasteiger charge is 2.37. The summed E-state index contributed by atoms with van der Waals surface area (Å²) in [6.07, 6.45) is -1.63. The summed E-state index contributed by atoms with van der Waals surface area (Å²) in [5.41, 5.74) is -2.37. The maximum absolute atomic E-state index is 13.2. The lowest BCUT2D eigenvalue weighted by molar-refractivity contribution is -0.715. The number of hydrogen-bond acceptors (Lipinski definition) is 3. The van der Waals surface area contributed by atoms with Crippen molar-refractivity contribution in [1.82, 2.24) is 0 Å². The maximum Gasteiger partial charge on any atom is 0.418 e. The number of carbonyl (C=O) groups excluding carboxylic acids is 1. The Hall–Kier alpha value is -2.16. The molecule has 0 spiro atoms. The van der Waals surface area contributed by atoms with E-state index in [4.69, 9.17) is 0 Å². The van der Waals surface area contributed by atoms with E-state index in [1.165, 1.54) is 0 Å². The highest BCUT2D eigenvalue weighted by atomic mass is 19.4. The molecule has 1 aliphatic carbocycles. The number of hydrogen-bond donors (Lipinski definition) is 2. The summed E-state index contributed by atoms with van der Waals surface area (Å²) < 4.78 is 39.7. The number of nitro groups is 1. The largest absolute Gasteiger partial charge is 0.418 e. The van der Waals surface area contributed by atoms with Gasteiger partial charge in [0.2, 0.25) is 0 Å². The molecule has 1 fully saturated rings. The lowest BCUT2D eigenvalue weighted by Gasteiger charge is -2.33. The van der Waals surface area contributed by atoms with Gasteiger partial charge in [-0.2, -0.15) is 13.2 Å². The number of nitrogens with zero attached hydrogens (tertiary/aromatic N) is 1. The van der Waals surface area contributed by atoms with Crippen LogP contribution in [0.2, 0.25) is 0 Å². The van der Waals surface area contributed by atoms with Gasteiger partial charge in [-0.1, -0.05) is 13.8 Å². The maximum atomic E-state index is 13.2. The van der Waals surface area contributed by atoms with Crippen LogP contribution < -0.4 is 10.6 Å². The number of rotatable bonds is 5. The van der Waals surface area contributed by atoms with Crippen molar-refractivity contribution in [2.45, 2.75) is 58.3 Å². The van der Waals surface area contributed by atoms with Crippen LogP contribution in [-0.2, 0) is 11.0 Å². The predicted molar refractivity (Wildman–Crippen MR) is 94.1 cm³/mol. The molecule has 6 nitrogen and oxygen atoms in total. The first kappa shape index (κ1) is 21.1. The van der Waals surface area contributed by atoms with Crippen molar-refractivity contribution in [2.75, 3.05) is 5.32 Å². The van der Waals surface area contributed by atoms with Crippen LogP contribution in [0.15, 0.2) is 18.2 Å². The van der Waals surface area contributed by atoms with Crippen LogP contribution in [0.3, 0.4) is 0 Å². The summed E-state index contributed by atoms with van der Waals surface area (Å²) in [4.78, 5) is 22.3. The number of benzene rings is 1. The smallest absolute Gasteiger partial charge is 0.334 e. The van der Waals surface area contributed by atoms with E-state index in [-0.39, 0.29) is 6.04 Å². The molecule has 0 aliphatic heterocycles. The van der Waals surface area contributed by atoms with Gasteiger partial charge in [-0.05, 0) is 38.2 Å². The molecule has 9 heteroatoms. The van der Waals surface area contributed by atoms with Gasteiger partial charge >= 0.3 is 6.18 Å². The van der Waals surface area contributed by atoms with Gasteiger partial charge in [-0.3, -0.25) is 14.9 Å². The standard InChI is InChI=1S/C18H24F3N3O3/c1-10-5-4-6-15(11(10)2)22-12(3)17(25)23-16-8-7-13(24(26)27)9-14(16)18(19,20)21/h7-12,15,22H,4-6H2,1-3H3,(H,23,25)/p+1/t10-,11-,12+,15+/m1/s1. The Morgan fingerprint density at radius 1 is 1.33 bits per heavy atom. The molecule has 3 N–H and O–H groups in total. The normalized spacial score (nSPS) is 24.3. The topological polar surface area (TPSA) is 88.8 Å². The summed E-state index contributed by atoms with van der Waals surface area (Å²) in [5, 5.41) is 14.9. The zero-order valence-electron chi connectivity index (χ0n) is 15.5. The Morgan fingerprint density at radius 2 is 2.00 bits per heavy atom. The summed E-state index contributed by atoms with van der Waals surface area (Å²) in [5.74, 6) is 0.403. The lowest BCUT2D eigenvalue weighted by Crippen LogP contribution is -2.97. The second-order valence-corrected chi connectivity index (χ2v) is 7.39. The van der Waals surface area contributed by atoms with E-state index in [1.54, 1.807) is 6.92 Å². The molecule has 1 aromatic rings. The fraction of sp³-hybridized carbons (Fsp3) is 0.611. The van der Waals surface area contributed by atoms with Crippen LogP contribution in [0.5, 0.6) is 0 Å². The monoisotopic (exact) mass is 388 g/mol. The van der Waals surface area contributed by atoms with Crippen LogP contribution >= 0.6 is 0 Å². The fourth-order valence-corrected chi connectivity index (χ4v) is 3.59.